The van der Waals surface area contributed by atoms with Crippen molar-refractivity contribution < 1.29 is 82.4 Å². The Bertz CT molecular complexity index is 2220. The van der Waals surface area contributed by atoms with Crippen molar-refractivity contribution in [3.63, 3.8) is 0 Å². The molecule has 6 rings (SSSR count). The fourth-order valence-electron chi connectivity index (χ4n) is 10.2. The van der Waals surface area contributed by atoms with Crippen LogP contribution in [0, 0.1) is 22.7 Å². The summed E-state index contributed by atoms with van der Waals surface area (Å²) in [5.41, 5.74) is -6.21. The van der Waals surface area contributed by atoms with E-state index in [1.165, 1.54) is 32.9 Å². The molecular weight excluding hydrogens is 863 g/mol. The molecule has 1 heterocycles. The van der Waals surface area contributed by atoms with Gasteiger partial charge in [-0.3, -0.25) is 19.2 Å². The van der Waals surface area contributed by atoms with E-state index >= 15 is 4.79 Å². The molecule has 1 aliphatic heterocycles. The molecule has 2 aromatic rings. The number of fused-ring (bicyclic) bond motifs is 1. The Balaban J connectivity index is 1.43. The maximum absolute atomic E-state index is 15.0. The molecule has 0 aromatic heterocycles. The molecule has 2 aromatic carbocycles. The van der Waals surface area contributed by atoms with E-state index in [0.29, 0.717) is 5.56 Å². The molecule has 3 aliphatic carbocycles. The molecule has 3 unspecified atom stereocenters. The lowest BCUT2D eigenvalue weighted by atomic mass is 9.43. The van der Waals surface area contributed by atoms with Gasteiger partial charge in [0.2, 0.25) is 6.10 Å². The third kappa shape index (κ3) is 9.59. The van der Waals surface area contributed by atoms with Crippen LogP contribution in [0.1, 0.15) is 103 Å². The Hall–Kier alpha value is -5.69. The normalized spacial score (nSPS) is 31.2. The quantitative estimate of drug-likeness (QED) is 0.102. The summed E-state index contributed by atoms with van der Waals surface area (Å²) >= 11 is 0. The first-order valence-electron chi connectivity index (χ1n) is 21.9. The van der Waals surface area contributed by atoms with Crippen molar-refractivity contribution in [1.82, 2.24) is 5.32 Å². The van der Waals surface area contributed by atoms with Crippen LogP contribution < -0.4 is 5.32 Å². The summed E-state index contributed by atoms with van der Waals surface area (Å²) in [4.78, 5) is 93.4. The van der Waals surface area contributed by atoms with E-state index < -0.39 is 131 Å². The molecule has 3 fully saturated rings. The number of carboxylic acid groups (broad SMARTS) is 1. The first kappa shape index (κ1) is 49.7. The molecule has 1 saturated heterocycles. The Morgan fingerprint density at radius 3 is 2.17 bits per heavy atom. The number of nitrogens with one attached hydrogen (secondary N) is 1. The predicted octanol–water partition coefficient (Wildman–Crippen LogP) is 3.92. The Labute approximate surface area is 381 Å². The lowest BCUT2D eigenvalue weighted by Crippen LogP contribution is -2.75. The van der Waals surface area contributed by atoms with Gasteiger partial charge in [-0.2, -0.15) is 0 Å². The van der Waals surface area contributed by atoms with E-state index in [-0.39, 0.29) is 49.0 Å². The second-order valence-electron chi connectivity index (χ2n) is 18.9. The zero-order valence-corrected chi connectivity index (χ0v) is 38.0. The lowest BCUT2D eigenvalue weighted by Gasteiger charge is -2.65. The van der Waals surface area contributed by atoms with Crippen LogP contribution in [0.15, 0.2) is 71.8 Å². The summed E-state index contributed by atoms with van der Waals surface area (Å²) in [6.07, 6.45) is -11.8. The standard InChI is InChI=1S/C48H59NO17/c1-25-35-37(55)40(56)46(6)31(24-62-29(21-32(46)51)23-61-26(2)50)41(65-42(57)28-17-12-9-13-18-28)48(60)22-30(47(35,48)7)38(25)64-43(58)39(63-34(54)20-14-19-33(52)53)36(27-15-10-8-11-16-27)49-44(59)66-45(3,4)5/h8-13,15-18,29-32,36-39,41,51,55,60H,14,19-24H2,1-7H3,(H,49,59)(H,52,53)/t29-,30?,31+,32+,36?,37-,38-,39-,41+,46+,47?,48-/m1/s1. The number of aliphatic carboxylic acids is 1. The summed E-state index contributed by atoms with van der Waals surface area (Å²) in [5.74, 6) is -7.90. The van der Waals surface area contributed by atoms with Crippen molar-refractivity contribution in [2.45, 2.75) is 134 Å². The lowest BCUT2D eigenvalue weighted by molar-refractivity contribution is -0.274. The number of ether oxygens (including phenoxy) is 6. The van der Waals surface area contributed by atoms with Crippen molar-refractivity contribution in [2.75, 3.05) is 13.2 Å². The minimum absolute atomic E-state index is 0.0352. The van der Waals surface area contributed by atoms with Crippen molar-refractivity contribution in [3.05, 3.63) is 82.9 Å². The number of ketones is 1. The van der Waals surface area contributed by atoms with Gasteiger partial charge in [0, 0.05) is 43.4 Å². The van der Waals surface area contributed by atoms with Crippen molar-refractivity contribution in [2.24, 2.45) is 22.7 Å². The highest BCUT2D eigenvalue weighted by Crippen LogP contribution is 2.71. The molecule has 0 bridgehead atoms. The minimum atomic E-state index is -2.12. The van der Waals surface area contributed by atoms with Crippen LogP contribution in [0.5, 0.6) is 0 Å². The number of aliphatic hydroxyl groups is 3. The van der Waals surface area contributed by atoms with E-state index in [4.69, 9.17) is 28.4 Å². The van der Waals surface area contributed by atoms with Gasteiger partial charge in [0.1, 0.15) is 42.2 Å². The van der Waals surface area contributed by atoms with Crippen molar-refractivity contribution in [3.8, 4) is 0 Å². The van der Waals surface area contributed by atoms with Crippen LogP contribution in [0.4, 0.5) is 4.79 Å². The highest BCUT2D eigenvalue weighted by molar-refractivity contribution is 5.94. The van der Waals surface area contributed by atoms with Crippen LogP contribution in [0.2, 0.25) is 0 Å². The monoisotopic (exact) mass is 921 g/mol. The summed E-state index contributed by atoms with van der Waals surface area (Å²) in [6, 6.07) is 14.5. The smallest absolute Gasteiger partial charge is 0.408 e. The van der Waals surface area contributed by atoms with Gasteiger partial charge in [-0.25, -0.2) is 14.4 Å². The number of hydrogen-bond acceptors (Lipinski definition) is 16. The molecule has 4 aliphatic rings. The third-order valence-corrected chi connectivity index (χ3v) is 13.7. The highest BCUT2D eigenvalue weighted by atomic mass is 16.6. The number of aliphatic hydroxyl groups excluding tert-OH is 2. The van der Waals surface area contributed by atoms with Gasteiger partial charge >= 0.3 is 35.9 Å². The molecule has 0 spiro atoms. The molecule has 12 atom stereocenters. The zero-order valence-electron chi connectivity index (χ0n) is 38.0. The van der Waals surface area contributed by atoms with Crippen LogP contribution in [0.25, 0.3) is 0 Å². The van der Waals surface area contributed by atoms with Gasteiger partial charge in [0.15, 0.2) is 5.78 Å². The highest BCUT2D eigenvalue weighted by Gasteiger charge is 2.78. The minimum Gasteiger partial charge on any atom is -0.481 e. The topological polar surface area (TPSA) is 268 Å². The van der Waals surface area contributed by atoms with Crippen molar-refractivity contribution >= 4 is 41.7 Å². The van der Waals surface area contributed by atoms with E-state index in [2.05, 4.69) is 5.32 Å². The number of Topliss-reactive ketones (excluding diaryl/α,β-unsaturated/α-hetero) is 1. The maximum Gasteiger partial charge on any atom is 0.408 e. The molecular formula is C48H59NO17. The fourth-order valence-corrected chi connectivity index (χ4v) is 10.2. The number of alkyl carbamates (subject to hydrolysis) is 1. The second kappa shape index (κ2) is 19.3. The summed E-state index contributed by atoms with van der Waals surface area (Å²) in [7, 11) is 0. The van der Waals surface area contributed by atoms with Crippen LogP contribution in [-0.2, 0) is 52.4 Å². The average molecular weight is 922 g/mol. The second-order valence-corrected chi connectivity index (χ2v) is 18.9. The van der Waals surface area contributed by atoms with Crippen LogP contribution in [-0.4, -0.2) is 123 Å². The Morgan fingerprint density at radius 1 is 0.924 bits per heavy atom. The number of hydrogen-bond donors (Lipinski definition) is 5. The number of carbonyl (C=O) groups is 7. The fraction of sp³-hybridized carbons (Fsp3) is 0.562. The van der Waals surface area contributed by atoms with E-state index in [1.54, 1.807) is 76.2 Å². The number of amides is 1. The number of carboxylic acids is 1. The largest absolute Gasteiger partial charge is 0.481 e. The van der Waals surface area contributed by atoms with Gasteiger partial charge < -0.3 is 54.2 Å². The molecule has 5 N–H and O–H groups in total. The number of carbonyl (C=O) groups excluding carboxylic acids is 6. The molecule has 2 saturated carbocycles. The first-order valence-corrected chi connectivity index (χ1v) is 21.9. The van der Waals surface area contributed by atoms with Crippen LogP contribution >= 0.6 is 0 Å². The molecule has 0 radical (unpaired) electrons. The zero-order chi connectivity index (χ0) is 48.5. The van der Waals surface area contributed by atoms with Gasteiger partial charge in [-0.1, -0.05) is 55.5 Å². The number of esters is 4. The third-order valence-electron chi connectivity index (χ3n) is 13.7. The number of rotatable bonds is 14. The summed E-state index contributed by atoms with van der Waals surface area (Å²) in [5, 5.41) is 49.3. The van der Waals surface area contributed by atoms with Gasteiger partial charge in [0.25, 0.3) is 0 Å². The van der Waals surface area contributed by atoms with E-state index in [0.717, 1.165) is 0 Å². The summed E-state index contributed by atoms with van der Waals surface area (Å²) < 4.78 is 35.1. The van der Waals surface area contributed by atoms with E-state index in [1.807, 2.05) is 0 Å². The summed E-state index contributed by atoms with van der Waals surface area (Å²) in [6.45, 7) is 9.86. The van der Waals surface area contributed by atoms with Gasteiger partial charge in [-0.05, 0) is 76.3 Å². The number of benzene rings is 2. The Morgan fingerprint density at radius 2 is 1.56 bits per heavy atom. The molecule has 1 amide bonds. The molecule has 18 heteroatoms. The maximum atomic E-state index is 15.0. The predicted molar refractivity (Wildman–Crippen MR) is 229 cm³/mol. The molecule has 66 heavy (non-hydrogen) atoms. The Kier molecular flexibility index (Phi) is 14.5. The van der Waals surface area contributed by atoms with Crippen LogP contribution in [0.3, 0.4) is 0 Å². The van der Waals surface area contributed by atoms with Crippen molar-refractivity contribution in [1.29, 1.82) is 0 Å². The SMILES string of the molecule is CC(=O)OC[C@H]1C[C@H](O)[C@@]2(C)C(=O)[C@H](O)C3=C(C)[C@@H](OC(=O)[C@H](OC(=O)CCCC(=O)O)C(NC(=O)OC(C)(C)C)c4ccccc4)C4C[C@@](O)([C@@H](OC(=O)c5ccccc5)[C@@H]2CO1)C34C. The van der Waals surface area contributed by atoms with E-state index in [9.17, 15) is 49.2 Å². The molecule has 18 nitrogen and oxygen atoms in total. The molecule has 358 valence electrons. The van der Waals surface area contributed by atoms with Gasteiger partial charge in [0.05, 0.1) is 29.8 Å². The van der Waals surface area contributed by atoms with Gasteiger partial charge in [-0.15, -0.1) is 0 Å². The average Bonchev–Trinajstić information content (AvgIpc) is 3.32. The first-order chi connectivity index (χ1) is 30.9.